The van der Waals surface area contributed by atoms with E-state index in [1.54, 1.807) is 15.8 Å². The van der Waals surface area contributed by atoms with Gasteiger partial charge >= 0.3 is 0 Å². The number of carbonyl (C=O) groups is 1. The molecule has 0 N–H and O–H groups in total. The van der Waals surface area contributed by atoms with Gasteiger partial charge in [-0.15, -0.1) is 5.10 Å². The lowest BCUT2D eigenvalue weighted by Crippen LogP contribution is -2.54. The highest BCUT2D eigenvalue weighted by molar-refractivity contribution is 7.89. The van der Waals surface area contributed by atoms with Crippen LogP contribution in [0.15, 0.2) is 65.7 Å². The summed E-state index contributed by atoms with van der Waals surface area (Å²) >= 11 is 0. The average Bonchev–Trinajstić information content (AvgIpc) is 3.30. The van der Waals surface area contributed by atoms with Gasteiger partial charge in [0.1, 0.15) is 11.9 Å². The fourth-order valence-corrected chi connectivity index (χ4v) is 7.43. The number of hydrogen-bond acceptors (Lipinski definition) is 5. The minimum atomic E-state index is -4.06. The number of carbonyl (C=O) groups excluding carboxylic acids is 1. The number of amides is 1. The lowest BCUT2D eigenvalue weighted by atomic mass is 9.89. The van der Waals surface area contributed by atoms with E-state index < -0.39 is 21.9 Å². The zero-order valence-electron chi connectivity index (χ0n) is 20.2. The van der Waals surface area contributed by atoms with Crippen molar-refractivity contribution in [3.05, 3.63) is 77.9 Å². The minimum absolute atomic E-state index is 0.0407. The lowest BCUT2D eigenvalue weighted by molar-refractivity contribution is -0.135. The number of benzene rings is 2. The van der Waals surface area contributed by atoms with Crippen LogP contribution in [0.25, 0.3) is 0 Å². The van der Waals surface area contributed by atoms with Crippen molar-refractivity contribution < 1.29 is 17.6 Å². The molecule has 2 aliphatic rings. The monoisotopic (exact) mass is 511 g/mol. The number of piperidine rings is 1. The van der Waals surface area contributed by atoms with Crippen molar-refractivity contribution in [3.63, 3.8) is 0 Å². The summed E-state index contributed by atoms with van der Waals surface area (Å²) < 4.78 is 44.6. The Morgan fingerprint density at radius 1 is 1.06 bits per heavy atom. The van der Waals surface area contributed by atoms with E-state index in [2.05, 4.69) is 10.3 Å². The number of sulfonamides is 1. The maximum atomic E-state index is 14.0. The van der Waals surface area contributed by atoms with Gasteiger partial charge in [-0.25, -0.2) is 17.5 Å². The van der Waals surface area contributed by atoms with E-state index in [1.165, 1.54) is 22.5 Å². The van der Waals surface area contributed by atoms with Gasteiger partial charge in [-0.05, 0) is 48.9 Å². The van der Waals surface area contributed by atoms with Crippen LogP contribution in [0.1, 0.15) is 43.9 Å². The van der Waals surface area contributed by atoms with Crippen LogP contribution in [0, 0.1) is 11.7 Å². The second-order valence-corrected chi connectivity index (χ2v) is 11.4. The van der Waals surface area contributed by atoms with Crippen molar-refractivity contribution in [2.45, 2.75) is 62.7 Å². The highest BCUT2D eigenvalue weighted by Gasteiger charge is 2.49. The summed E-state index contributed by atoms with van der Waals surface area (Å²) in [5.74, 6) is -0.876. The summed E-state index contributed by atoms with van der Waals surface area (Å²) in [6.45, 7) is 3.30. The van der Waals surface area contributed by atoms with E-state index >= 15 is 0 Å². The fourth-order valence-electron chi connectivity index (χ4n) is 5.51. The zero-order valence-corrected chi connectivity index (χ0v) is 21.0. The quantitative estimate of drug-likeness (QED) is 0.485. The Morgan fingerprint density at radius 2 is 1.86 bits per heavy atom. The van der Waals surface area contributed by atoms with E-state index in [0.29, 0.717) is 32.5 Å². The molecule has 1 amide bonds. The lowest BCUT2D eigenvalue weighted by Gasteiger charge is -2.40. The maximum absolute atomic E-state index is 14.0. The number of aromatic nitrogens is 3. The van der Waals surface area contributed by atoms with Crippen LogP contribution in [0.5, 0.6) is 0 Å². The van der Waals surface area contributed by atoms with Gasteiger partial charge in [-0.1, -0.05) is 55.0 Å². The van der Waals surface area contributed by atoms with Gasteiger partial charge in [0.2, 0.25) is 15.9 Å². The molecule has 2 saturated heterocycles. The molecule has 8 nitrogen and oxygen atoms in total. The van der Waals surface area contributed by atoms with Gasteiger partial charge in [0.05, 0.1) is 29.9 Å². The first kappa shape index (κ1) is 24.6. The third kappa shape index (κ3) is 4.67. The minimum Gasteiger partial charge on any atom is -0.335 e. The first-order valence-corrected chi connectivity index (χ1v) is 13.8. The van der Waals surface area contributed by atoms with Gasteiger partial charge in [-0.2, -0.15) is 4.31 Å². The summed E-state index contributed by atoms with van der Waals surface area (Å²) in [5.41, 5.74) is 1.86. The molecule has 1 aromatic heterocycles. The SMILES string of the molecule is CC[C@H]1CN(Cc2cnnn2Cc2ccccc2)C(=O)C2CCCC1N2S(=O)(=O)c1cccc(F)c1. The molecule has 3 atom stereocenters. The third-order valence-corrected chi connectivity index (χ3v) is 9.26. The van der Waals surface area contributed by atoms with Crippen molar-refractivity contribution in [1.82, 2.24) is 24.2 Å². The molecule has 2 aliphatic heterocycles. The first-order valence-electron chi connectivity index (χ1n) is 12.4. The van der Waals surface area contributed by atoms with Crippen LogP contribution in [-0.4, -0.2) is 57.2 Å². The molecule has 2 unspecified atom stereocenters. The maximum Gasteiger partial charge on any atom is 0.244 e. The molecular weight excluding hydrogens is 481 g/mol. The Hall–Kier alpha value is -3.11. The molecule has 0 radical (unpaired) electrons. The highest BCUT2D eigenvalue weighted by Crippen LogP contribution is 2.38. The van der Waals surface area contributed by atoms with Crippen molar-refractivity contribution >= 4 is 15.9 Å². The van der Waals surface area contributed by atoms with E-state index in [-0.39, 0.29) is 22.8 Å². The highest BCUT2D eigenvalue weighted by atomic mass is 32.2. The van der Waals surface area contributed by atoms with E-state index in [0.717, 1.165) is 30.2 Å². The first-order chi connectivity index (χ1) is 17.4. The van der Waals surface area contributed by atoms with Crippen LogP contribution >= 0.6 is 0 Å². The summed E-state index contributed by atoms with van der Waals surface area (Å²) in [6, 6.07) is 13.8. The normalized spacial score (nSPS) is 23.0. The van der Waals surface area contributed by atoms with Crippen molar-refractivity contribution in [2.24, 2.45) is 5.92 Å². The Labute approximate surface area is 210 Å². The predicted octanol–water partition coefficient (Wildman–Crippen LogP) is 3.45. The molecule has 0 saturated carbocycles. The number of hydrogen-bond donors (Lipinski definition) is 0. The van der Waals surface area contributed by atoms with Crippen LogP contribution in [0.2, 0.25) is 0 Å². The fraction of sp³-hybridized carbons (Fsp3) is 0.423. The number of halogens is 1. The molecular formula is C26H30FN5O3S. The topological polar surface area (TPSA) is 88.4 Å². The molecule has 190 valence electrons. The molecule has 36 heavy (non-hydrogen) atoms. The second-order valence-electron chi connectivity index (χ2n) is 9.56. The van der Waals surface area contributed by atoms with E-state index in [9.17, 15) is 17.6 Å². The molecule has 0 spiro atoms. The zero-order chi connectivity index (χ0) is 25.3. The van der Waals surface area contributed by atoms with Crippen molar-refractivity contribution in [2.75, 3.05) is 6.54 Å². The molecule has 10 heteroatoms. The molecule has 2 aromatic carbocycles. The standard InChI is InChI=1S/C26H30FN5O3S/c1-2-20-17-30(18-22-15-28-29-31(22)16-19-8-4-3-5-9-19)26(33)25-13-7-12-24(20)32(25)36(34,35)23-11-6-10-21(27)14-23/h3-6,8-11,14-15,20,24-25H,2,7,12-13,16-18H2,1H3/t20-,24?,25?/m0/s1. The number of nitrogens with zero attached hydrogens (tertiary/aromatic N) is 5. The average molecular weight is 512 g/mol. The molecule has 0 aliphatic carbocycles. The van der Waals surface area contributed by atoms with Crippen LogP contribution in [0.4, 0.5) is 4.39 Å². The Morgan fingerprint density at radius 3 is 2.61 bits per heavy atom. The largest absolute Gasteiger partial charge is 0.335 e. The Bertz CT molecular complexity index is 1330. The van der Waals surface area contributed by atoms with Crippen molar-refractivity contribution in [3.8, 4) is 0 Å². The second kappa shape index (κ2) is 10.1. The molecule has 5 rings (SSSR count). The summed E-state index contributed by atoms with van der Waals surface area (Å²) in [6.07, 6.45) is 4.28. The Balaban J connectivity index is 1.46. The predicted molar refractivity (Wildman–Crippen MR) is 132 cm³/mol. The van der Waals surface area contributed by atoms with Crippen LogP contribution in [-0.2, 0) is 27.9 Å². The van der Waals surface area contributed by atoms with Crippen LogP contribution in [0.3, 0.4) is 0 Å². The molecule has 2 fully saturated rings. The third-order valence-electron chi connectivity index (χ3n) is 7.33. The van der Waals surface area contributed by atoms with E-state index in [4.69, 9.17) is 0 Å². The van der Waals surface area contributed by atoms with Gasteiger partial charge in [0.25, 0.3) is 0 Å². The van der Waals surface area contributed by atoms with Gasteiger partial charge in [0.15, 0.2) is 0 Å². The van der Waals surface area contributed by atoms with Crippen molar-refractivity contribution in [1.29, 1.82) is 0 Å². The smallest absolute Gasteiger partial charge is 0.244 e. The number of fused-ring (bicyclic) bond motifs is 2. The molecule has 3 aromatic rings. The molecule has 3 heterocycles. The Kier molecular flexibility index (Phi) is 6.90. The molecule has 2 bridgehead atoms. The summed E-state index contributed by atoms with van der Waals surface area (Å²) in [5, 5.41) is 8.29. The van der Waals surface area contributed by atoms with Gasteiger partial charge < -0.3 is 4.90 Å². The van der Waals surface area contributed by atoms with Crippen LogP contribution < -0.4 is 0 Å². The summed E-state index contributed by atoms with van der Waals surface area (Å²) in [7, 11) is -4.06. The number of rotatable bonds is 7. The van der Waals surface area contributed by atoms with E-state index in [1.807, 2.05) is 37.3 Å². The van der Waals surface area contributed by atoms with Gasteiger partial charge in [0, 0.05) is 12.6 Å². The van der Waals surface area contributed by atoms with Gasteiger partial charge in [-0.3, -0.25) is 4.79 Å². The summed E-state index contributed by atoms with van der Waals surface area (Å²) in [4.78, 5) is 15.5.